The Balaban J connectivity index is 1.92. The van der Waals surface area contributed by atoms with Crippen molar-refractivity contribution in [2.75, 3.05) is 18.4 Å². The van der Waals surface area contributed by atoms with E-state index < -0.39 is 26.6 Å². The molecule has 2 rings (SSSR count). The number of halogens is 1. The highest BCUT2D eigenvalue weighted by molar-refractivity contribution is 7.89. The fourth-order valence-electron chi connectivity index (χ4n) is 2.33. The summed E-state index contributed by atoms with van der Waals surface area (Å²) in [6.07, 6.45) is 0.866. The van der Waals surface area contributed by atoms with Crippen LogP contribution in [0, 0.1) is 10.1 Å². The Hall–Kier alpha value is -3.03. The predicted molar refractivity (Wildman–Crippen MR) is 117 cm³/mol. The number of benzene rings is 1. The fourth-order valence-corrected chi connectivity index (χ4v) is 3.58. The van der Waals surface area contributed by atoms with Crippen LogP contribution in [0.5, 0.6) is 5.75 Å². The molecule has 0 saturated heterocycles. The van der Waals surface area contributed by atoms with E-state index in [4.69, 9.17) is 16.3 Å². The standard InChI is InChI=1S/C18H23ClN6O6S/c1-18(2,3)24-17(26)31-14-11-21-16(19)23-15(14)20-8-5-9-22-32(29,30)13-7-4-6-12(10-13)25(27)28/h4,6-7,10-11,22H,5,8-9H2,1-3H3,(H,24,26)(H,20,21,23). The number of hydrogen-bond acceptors (Lipinski definition) is 9. The highest BCUT2D eigenvalue weighted by atomic mass is 35.5. The van der Waals surface area contributed by atoms with Gasteiger partial charge in [0.25, 0.3) is 5.69 Å². The highest BCUT2D eigenvalue weighted by Gasteiger charge is 2.19. The zero-order valence-electron chi connectivity index (χ0n) is 17.6. The van der Waals surface area contributed by atoms with Crippen molar-refractivity contribution in [1.82, 2.24) is 20.0 Å². The van der Waals surface area contributed by atoms with Crippen molar-refractivity contribution in [2.24, 2.45) is 0 Å². The number of nitrogens with zero attached hydrogens (tertiary/aromatic N) is 3. The van der Waals surface area contributed by atoms with E-state index >= 15 is 0 Å². The normalized spacial score (nSPS) is 11.6. The predicted octanol–water partition coefficient (Wildman–Crippen LogP) is 2.71. The molecule has 0 atom stereocenters. The first-order valence-corrected chi connectivity index (χ1v) is 11.2. The van der Waals surface area contributed by atoms with Gasteiger partial charge in [0.1, 0.15) is 0 Å². The Morgan fingerprint density at radius 1 is 1.28 bits per heavy atom. The van der Waals surface area contributed by atoms with Gasteiger partial charge in [-0.15, -0.1) is 0 Å². The molecule has 0 fully saturated rings. The smallest absolute Gasteiger partial charge is 0.405 e. The lowest BCUT2D eigenvalue weighted by atomic mass is 10.1. The zero-order valence-corrected chi connectivity index (χ0v) is 19.2. The van der Waals surface area contributed by atoms with Crippen LogP contribution in [0.2, 0.25) is 5.28 Å². The Labute approximate surface area is 189 Å². The Kier molecular flexibility index (Phi) is 8.30. The number of non-ortho nitro benzene ring substituents is 1. The van der Waals surface area contributed by atoms with Crippen molar-refractivity contribution in [3.63, 3.8) is 0 Å². The summed E-state index contributed by atoms with van der Waals surface area (Å²) in [7, 11) is -3.92. The number of carbonyl (C=O) groups is 1. The summed E-state index contributed by atoms with van der Waals surface area (Å²) in [6.45, 7) is 5.67. The quantitative estimate of drug-likeness (QED) is 0.209. The molecule has 1 aromatic heterocycles. The number of nitrogens with one attached hydrogen (secondary N) is 3. The molecule has 0 aliphatic heterocycles. The molecule has 2 aromatic rings. The van der Waals surface area contributed by atoms with Gasteiger partial charge in [-0.25, -0.2) is 22.9 Å². The number of nitro benzene ring substituents is 1. The summed E-state index contributed by atoms with van der Waals surface area (Å²) >= 11 is 5.80. The van der Waals surface area contributed by atoms with Crippen LogP contribution in [0.3, 0.4) is 0 Å². The molecule has 0 saturated carbocycles. The zero-order chi connectivity index (χ0) is 23.9. The summed E-state index contributed by atoms with van der Waals surface area (Å²) < 4.78 is 32.2. The van der Waals surface area contributed by atoms with Gasteiger partial charge in [0.15, 0.2) is 11.6 Å². The number of anilines is 1. The molecule has 12 nitrogen and oxygen atoms in total. The second kappa shape index (κ2) is 10.5. The number of sulfonamides is 1. The molecular weight excluding hydrogens is 464 g/mol. The van der Waals surface area contributed by atoms with Crippen molar-refractivity contribution in [3.05, 3.63) is 45.9 Å². The molecule has 0 unspecified atom stereocenters. The van der Waals surface area contributed by atoms with E-state index in [0.29, 0.717) is 6.42 Å². The van der Waals surface area contributed by atoms with Crippen molar-refractivity contribution in [2.45, 2.75) is 37.6 Å². The lowest BCUT2D eigenvalue weighted by molar-refractivity contribution is -0.385. The third kappa shape index (κ3) is 7.90. The maximum atomic E-state index is 12.3. The third-order valence-corrected chi connectivity index (χ3v) is 5.32. The van der Waals surface area contributed by atoms with Gasteiger partial charge in [-0.2, -0.15) is 4.98 Å². The fraction of sp³-hybridized carbons (Fsp3) is 0.389. The Morgan fingerprint density at radius 3 is 2.66 bits per heavy atom. The monoisotopic (exact) mass is 486 g/mol. The third-order valence-electron chi connectivity index (χ3n) is 3.68. The minimum Gasteiger partial charge on any atom is -0.405 e. The number of aromatic nitrogens is 2. The summed E-state index contributed by atoms with van der Waals surface area (Å²) in [5.41, 5.74) is -0.827. The molecule has 0 spiro atoms. The topological polar surface area (TPSA) is 165 Å². The van der Waals surface area contributed by atoms with Gasteiger partial charge in [0.2, 0.25) is 15.3 Å². The van der Waals surface area contributed by atoms with Crippen LogP contribution in [0.15, 0.2) is 35.4 Å². The largest absolute Gasteiger partial charge is 0.413 e. The molecule has 1 amide bonds. The van der Waals surface area contributed by atoms with Crippen molar-refractivity contribution in [1.29, 1.82) is 0 Å². The van der Waals surface area contributed by atoms with E-state index in [9.17, 15) is 23.3 Å². The Bertz CT molecular complexity index is 1090. The molecule has 174 valence electrons. The second-order valence-corrected chi connectivity index (χ2v) is 9.65. The van der Waals surface area contributed by atoms with Crippen molar-refractivity contribution >= 4 is 39.2 Å². The molecule has 0 bridgehead atoms. The summed E-state index contributed by atoms with van der Waals surface area (Å²) in [5.74, 6) is 0.212. The van der Waals surface area contributed by atoms with Gasteiger partial charge in [0, 0.05) is 30.8 Å². The van der Waals surface area contributed by atoms with E-state index in [-0.39, 0.29) is 40.5 Å². The summed E-state index contributed by atoms with van der Waals surface area (Å²) in [5, 5.41) is 16.3. The number of ether oxygens (including phenoxy) is 1. The first kappa shape index (κ1) is 25.2. The van der Waals surface area contributed by atoms with Gasteiger partial charge < -0.3 is 15.4 Å². The molecule has 1 aromatic carbocycles. The average Bonchev–Trinajstić information content (AvgIpc) is 2.68. The number of hydrogen-bond donors (Lipinski definition) is 3. The average molecular weight is 487 g/mol. The van der Waals surface area contributed by atoms with Crippen LogP contribution in [-0.2, 0) is 10.0 Å². The molecule has 1 heterocycles. The van der Waals surface area contributed by atoms with E-state index in [1.54, 1.807) is 20.8 Å². The van der Waals surface area contributed by atoms with Gasteiger partial charge in [0.05, 0.1) is 16.0 Å². The lowest BCUT2D eigenvalue weighted by Gasteiger charge is -2.20. The van der Waals surface area contributed by atoms with Crippen LogP contribution in [0.25, 0.3) is 0 Å². The maximum absolute atomic E-state index is 12.3. The molecule has 0 radical (unpaired) electrons. The van der Waals surface area contributed by atoms with Crippen LogP contribution in [-0.4, -0.2) is 48.0 Å². The van der Waals surface area contributed by atoms with Crippen molar-refractivity contribution in [3.8, 4) is 5.75 Å². The molecule has 0 aliphatic carbocycles. The van der Waals surface area contributed by atoms with E-state index in [1.165, 1.54) is 24.4 Å². The van der Waals surface area contributed by atoms with Crippen LogP contribution in [0.4, 0.5) is 16.3 Å². The minimum absolute atomic E-state index is 0.0392. The molecule has 3 N–H and O–H groups in total. The Morgan fingerprint density at radius 2 is 2.00 bits per heavy atom. The number of amides is 1. The van der Waals surface area contributed by atoms with Gasteiger partial charge in [-0.05, 0) is 44.9 Å². The van der Waals surface area contributed by atoms with E-state index in [0.717, 1.165) is 6.07 Å². The number of rotatable bonds is 9. The minimum atomic E-state index is -3.92. The first-order valence-electron chi connectivity index (χ1n) is 9.38. The van der Waals surface area contributed by atoms with Crippen LogP contribution in [0.1, 0.15) is 27.2 Å². The SMILES string of the molecule is CC(C)(C)NC(=O)Oc1cnc(Cl)nc1NCCCNS(=O)(=O)c1cccc([N+](=O)[O-])c1. The first-order chi connectivity index (χ1) is 14.9. The second-order valence-electron chi connectivity index (χ2n) is 7.55. The summed E-state index contributed by atoms with van der Waals surface area (Å²) in [4.78, 5) is 29.7. The summed E-state index contributed by atoms with van der Waals surface area (Å²) in [6, 6.07) is 4.75. The van der Waals surface area contributed by atoms with Crippen LogP contribution < -0.4 is 20.1 Å². The van der Waals surface area contributed by atoms with Gasteiger partial charge in [-0.1, -0.05) is 6.07 Å². The maximum Gasteiger partial charge on any atom is 0.413 e. The van der Waals surface area contributed by atoms with Gasteiger partial charge in [-0.3, -0.25) is 10.1 Å². The molecular formula is C18H23ClN6O6S. The molecule has 32 heavy (non-hydrogen) atoms. The highest BCUT2D eigenvalue weighted by Crippen LogP contribution is 2.23. The van der Waals surface area contributed by atoms with E-state index in [1.807, 2.05) is 0 Å². The van der Waals surface area contributed by atoms with Gasteiger partial charge >= 0.3 is 6.09 Å². The molecule has 0 aliphatic rings. The van der Waals surface area contributed by atoms with Crippen molar-refractivity contribution < 1.29 is 22.9 Å². The van der Waals surface area contributed by atoms with E-state index in [2.05, 4.69) is 25.3 Å². The number of nitro groups is 1. The van der Waals surface area contributed by atoms with Crippen LogP contribution >= 0.6 is 11.6 Å². The lowest BCUT2D eigenvalue weighted by Crippen LogP contribution is -2.42. The number of carbonyl (C=O) groups excluding carboxylic acids is 1. The molecule has 14 heteroatoms.